The van der Waals surface area contributed by atoms with E-state index in [0.717, 1.165) is 45.4 Å². The fraction of sp³-hybridized carbons (Fsp3) is 0.917. The van der Waals surface area contributed by atoms with Crippen LogP contribution in [0.1, 0.15) is 32.6 Å². The number of nitrogens with two attached hydrogens (primary N) is 1. The van der Waals surface area contributed by atoms with Crippen LogP contribution >= 0.6 is 12.4 Å². The molecule has 0 spiro atoms. The van der Waals surface area contributed by atoms with Crippen LogP contribution in [0.3, 0.4) is 0 Å². The molecule has 0 radical (unpaired) electrons. The molecular weight excluding hydrogens is 238 g/mol. The van der Waals surface area contributed by atoms with Crippen LogP contribution in [0.4, 0.5) is 0 Å². The Labute approximate surface area is 110 Å². The standard InChI is InChI=1S/C12H23N3O.ClH/c1-10(15-8-5-11(13)9-15)12(16)14-6-3-2-4-7-14;/h10-11H,2-9,13H2,1H3;1H/t10?,11-;/m0./s1. The first kappa shape index (κ1) is 14.7. The predicted molar refractivity (Wildman–Crippen MR) is 71.3 cm³/mol. The minimum atomic E-state index is 0. The van der Waals surface area contributed by atoms with Gasteiger partial charge >= 0.3 is 0 Å². The highest BCUT2D eigenvalue weighted by Crippen LogP contribution is 2.16. The van der Waals surface area contributed by atoms with Gasteiger partial charge in [-0.05, 0) is 32.6 Å². The van der Waals surface area contributed by atoms with Gasteiger partial charge in [-0.15, -0.1) is 12.4 Å². The van der Waals surface area contributed by atoms with Crippen molar-refractivity contribution in [2.75, 3.05) is 26.2 Å². The van der Waals surface area contributed by atoms with Gasteiger partial charge in [0, 0.05) is 32.2 Å². The minimum absolute atomic E-state index is 0. The Morgan fingerprint density at radius 1 is 1.24 bits per heavy atom. The normalized spacial score (nSPS) is 27.6. The molecule has 2 heterocycles. The van der Waals surface area contributed by atoms with Crippen LogP contribution in [0.5, 0.6) is 0 Å². The molecule has 2 rings (SSSR count). The van der Waals surface area contributed by atoms with Crippen molar-refractivity contribution in [3.63, 3.8) is 0 Å². The second-order valence-electron chi connectivity index (χ2n) is 5.11. The van der Waals surface area contributed by atoms with Crippen molar-refractivity contribution >= 4 is 18.3 Å². The summed E-state index contributed by atoms with van der Waals surface area (Å²) in [5.74, 6) is 0.300. The molecule has 0 saturated carbocycles. The first-order valence-corrected chi connectivity index (χ1v) is 6.47. The molecule has 2 atom stereocenters. The van der Waals surface area contributed by atoms with E-state index < -0.39 is 0 Å². The molecule has 1 amide bonds. The van der Waals surface area contributed by atoms with Crippen molar-refractivity contribution in [3.05, 3.63) is 0 Å². The lowest BCUT2D eigenvalue weighted by Gasteiger charge is -2.32. The summed E-state index contributed by atoms with van der Waals surface area (Å²) in [5.41, 5.74) is 5.87. The third-order valence-corrected chi connectivity index (χ3v) is 3.83. The van der Waals surface area contributed by atoms with Crippen molar-refractivity contribution in [2.24, 2.45) is 5.73 Å². The van der Waals surface area contributed by atoms with E-state index in [0.29, 0.717) is 5.91 Å². The Hall–Kier alpha value is -0.320. The average Bonchev–Trinajstić information content (AvgIpc) is 2.75. The van der Waals surface area contributed by atoms with E-state index in [-0.39, 0.29) is 24.5 Å². The monoisotopic (exact) mass is 261 g/mol. The number of rotatable bonds is 2. The number of carbonyl (C=O) groups is 1. The number of piperidine rings is 1. The topological polar surface area (TPSA) is 49.6 Å². The summed E-state index contributed by atoms with van der Waals surface area (Å²) in [6.07, 6.45) is 4.63. The number of amides is 1. The second kappa shape index (κ2) is 6.57. The molecule has 2 N–H and O–H groups in total. The van der Waals surface area contributed by atoms with Crippen molar-refractivity contribution < 1.29 is 4.79 Å². The predicted octanol–water partition coefficient (Wildman–Crippen LogP) is 0.842. The van der Waals surface area contributed by atoms with Crippen molar-refractivity contribution in [2.45, 2.75) is 44.7 Å². The molecule has 2 aliphatic heterocycles. The van der Waals surface area contributed by atoms with Gasteiger partial charge in [0.25, 0.3) is 0 Å². The third-order valence-electron chi connectivity index (χ3n) is 3.83. The number of halogens is 1. The summed E-state index contributed by atoms with van der Waals surface area (Å²) in [5, 5.41) is 0. The van der Waals surface area contributed by atoms with E-state index in [1.165, 1.54) is 6.42 Å². The molecule has 1 unspecified atom stereocenters. The van der Waals surface area contributed by atoms with E-state index in [1.807, 2.05) is 11.8 Å². The zero-order valence-electron chi connectivity index (χ0n) is 10.6. The fourth-order valence-electron chi connectivity index (χ4n) is 2.70. The summed E-state index contributed by atoms with van der Waals surface area (Å²) in [6, 6.07) is 0.281. The van der Waals surface area contributed by atoms with Gasteiger partial charge < -0.3 is 10.6 Å². The van der Waals surface area contributed by atoms with Gasteiger partial charge in [-0.2, -0.15) is 0 Å². The highest BCUT2D eigenvalue weighted by atomic mass is 35.5. The maximum absolute atomic E-state index is 12.2. The minimum Gasteiger partial charge on any atom is -0.341 e. The Kier molecular flexibility index (Phi) is 5.70. The van der Waals surface area contributed by atoms with Crippen LogP contribution in [-0.2, 0) is 4.79 Å². The molecular formula is C12H24ClN3O. The summed E-state index contributed by atoms with van der Waals surface area (Å²) in [7, 11) is 0. The molecule has 100 valence electrons. The molecule has 2 fully saturated rings. The number of carbonyl (C=O) groups excluding carboxylic acids is 1. The van der Waals surface area contributed by atoms with E-state index in [1.54, 1.807) is 0 Å². The van der Waals surface area contributed by atoms with Gasteiger partial charge in [0.05, 0.1) is 6.04 Å². The second-order valence-corrected chi connectivity index (χ2v) is 5.11. The fourth-order valence-corrected chi connectivity index (χ4v) is 2.70. The summed E-state index contributed by atoms with van der Waals surface area (Å²) >= 11 is 0. The Morgan fingerprint density at radius 3 is 2.41 bits per heavy atom. The summed E-state index contributed by atoms with van der Waals surface area (Å²) in [6.45, 7) is 5.77. The van der Waals surface area contributed by atoms with Crippen LogP contribution in [0.2, 0.25) is 0 Å². The first-order valence-electron chi connectivity index (χ1n) is 6.47. The molecule has 0 bridgehead atoms. The average molecular weight is 262 g/mol. The van der Waals surface area contributed by atoms with Crippen molar-refractivity contribution in [1.29, 1.82) is 0 Å². The molecule has 0 aliphatic carbocycles. The van der Waals surface area contributed by atoms with Crippen molar-refractivity contribution in [3.8, 4) is 0 Å². The molecule has 5 heteroatoms. The van der Waals surface area contributed by atoms with E-state index >= 15 is 0 Å². The Morgan fingerprint density at radius 2 is 1.88 bits per heavy atom. The van der Waals surface area contributed by atoms with Gasteiger partial charge in [0.1, 0.15) is 0 Å². The Balaban J connectivity index is 0.00000144. The quantitative estimate of drug-likeness (QED) is 0.802. The smallest absolute Gasteiger partial charge is 0.239 e. The van der Waals surface area contributed by atoms with Crippen LogP contribution in [-0.4, -0.2) is 54.0 Å². The summed E-state index contributed by atoms with van der Waals surface area (Å²) in [4.78, 5) is 16.5. The molecule has 17 heavy (non-hydrogen) atoms. The van der Waals surface area contributed by atoms with Crippen LogP contribution in [0.15, 0.2) is 0 Å². The van der Waals surface area contributed by atoms with Crippen molar-refractivity contribution in [1.82, 2.24) is 9.80 Å². The van der Waals surface area contributed by atoms with Gasteiger partial charge in [0.2, 0.25) is 5.91 Å². The molecule has 4 nitrogen and oxygen atoms in total. The first-order chi connectivity index (χ1) is 7.68. The lowest BCUT2D eigenvalue weighted by molar-refractivity contribution is -0.136. The molecule has 0 aromatic rings. The maximum Gasteiger partial charge on any atom is 0.239 e. The van der Waals surface area contributed by atoms with Gasteiger partial charge in [-0.25, -0.2) is 0 Å². The number of hydrogen-bond acceptors (Lipinski definition) is 3. The molecule has 2 saturated heterocycles. The van der Waals surface area contributed by atoms with Crippen LogP contribution < -0.4 is 5.73 Å². The number of likely N-dealkylation sites (tertiary alicyclic amines) is 2. The lowest BCUT2D eigenvalue weighted by Crippen LogP contribution is -2.48. The highest BCUT2D eigenvalue weighted by Gasteiger charge is 2.30. The maximum atomic E-state index is 12.2. The van der Waals surface area contributed by atoms with Gasteiger partial charge in [-0.1, -0.05) is 0 Å². The zero-order chi connectivity index (χ0) is 11.5. The van der Waals surface area contributed by atoms with Crippen LogP contribution in [0, 0.1) is 0 Å². The molecule has 2 aliphatic rings. The Bertz CT molecular complexity index is 256. The van der Waals surface area contributed by atoms with Crippen LogP contribution in [0.25, 0.3) is 0 Å². The zero-order valence-corrected chi connectivity index (χ0v) is 11.4. The molecule has 0 aromatic carbocycles. The van der Waals surface area contributed by atoms with Gasteiger partial charge in [0.15, 0.2) is 0 Å². The molecule has 0 aromatic heterocycles. The lowest BCUT2D eigenvalue weighted by atomic mass is 10.1. The van der Waals surface area contributed by atoms with Gasteiger partial charge in [-0.3, -0.25) is 9.69 Å². The third kappa shape index (κ3) is 3.57. The summed E-state index contributed by atoms with van der Waals surface area (Å²) < 4.78 is 0. The highest BCUT2D eigenvalue weighted by molar-refractivity contribution is 5.85. The largest absolute Gasteiger partial charge is 0.341 e. The number of nitrogens with zero attached hydrogens (tertiary/aromatic N) is 2. The number of hydrogen-bond donors (Lipinski definition) is 1. The van der Waals surface area contributed by atoms with E-state index in [9.17, 15) is 4.79 Å². The van der Waals surface area contributed by atoms with E-state index in [2.05, 4.69) is 4.90 Å². The SMILES string of the molecule is CC(C(=O)N1CCCCC1)N1CC[C@H](N)C1.Cl. The van der Waals surface area contributed by atoms with E-state index in [4.69, 9.17) is 5.73 Å².